The van der Waals surface area contributed by atoms with Crippen LogP contribution in [0.5, 0.6) is 0 Å². The zero-order valence-electron chi connectivity index (χ0n) is 10.7. The maximum absolute atomic E-state index is 11.6. The number of nitriles is 1. The van der Waals surface area contributed by atoms with E-state index in [0.29, 0.717) is 13.0 Å². The Hall–Kier alpha value is -1.41. The van der Waals surface area contributed by atoms with Crippen LogP contribution in [0.15, 0.2) is 0 Å². The lowest BCUT2D eigenvalue weighted by Crippen LogP contribution is -2.37. The molecule has 0 heterocycles. The van der Waals surface area contributed by atoms with E-state index in [4.69, 9.17) is 10.00 Å². The first-order valence-corrected chi connectivity index (χ1v) is 5.79. The van der Waals surface area contributed by atoms with E-state index in [0.717, 1.165) is 0 Å². The van der Waals surface area contributed by atoms with E-state index in [1.165, 1.54) is 0 Å². The highest BCUT2D eigenvalue weighted by molar-refractivity contribution is 5.96. The van der Waals surface area contributed by atoms with Crippen LogP contribution in [0, 0.1) is 11.3 Å². The van der Waals surface area contributed by atoms with Crippen LogP contribution in [0.4, 0.5) is 0 Å². The van der Waals surface area contributed by atoms with Gasteiger partial charge >= 0.3 is 5.97 Å². The molecule has 5 nitrogen and oxygen atoms in total. The number of carbonyl (C=O) groups excluding carboxylic acids is 2. The van der Waals surface area contributed by atoms with Crippen LogP contribution in [0.3, 0.4) is 0 Å². The Morgan fingerprint density at radius 2 is 2.06 bits per heavy atom. The lowest BCUT2D eigenvalue weighted by Gasteiger charge is -2.24. The lowest BCUT2D eigenvalue weighted by atomic mass is 10.2. The quantitative estimate of drug-likeness (QED) is 0.470. The Bertz CT molecular complexity index is 295. The Balaban J connectivity index is 4.12. The van der Waals surface area contributed by atoms with Gasteiger partial charge in [-0.05, 0) is 20.8 Å². The number of Topliss-reactive ketones (excluding diaryl/α,β-unsaturated/α-hetero) is 1. The maximum Gasteiger partial charge on any atom is 0.313 e. The standard InChI is InChI=1S/C12H20N2O3/c1-4-17-12(16)8-11(15)9-14(10(2)3)7-5-6-13/h10H,4-5,7-9H2,1-3H3. The van der Waals surface area contributed by atoms with E-state index >= 15 is 0 Å². The Morgan fingerprint density at radius 3 is 2.53 bits per heavy atom. The van der Waals surface area contributed by atoms with Gasteiger partial charge in [-0.25, -0.2) is 0 Å². The van der Waals surface area contributed by atoms with E-state index in [-0.39, 0.29) is 31.4 Å². The van der Waals surface area contributed by atoms with Gasteiger partial charge in [0.15, 0.2) is 5.78 Å². The number of esters is 1. The molecule has 0 bridgehead atoms. The van der Waals surface area contributed by atoms with Gasteiger partial charge in [0.05, 0.1) is 19.2 Å². The highest BCUT2D eigenvalue weighted by Crippen LogP contribution is 2.01. The van der Waals surface area contributed by atoms with Gasteiger partial charge in [0, 0.05) is 19.0 Å². The minimum absolute atomic E-state index is 0.171. The second-order valence-corrected chi connectivity index (χ2v) is 3.99. The van der Waals surface area contributed by atoms with E-state index in [2.05, 4.69) is 0 Å². The highest BCUT2D eigenvalue weighted by atomic mass is 16.5. The second-order valence-electron chi connectivity index (χ2n) is 3.99. The third kappa shape index (κ3) is 7.47. The van der Waals surface area contributed by atoms with Crippen LogP contribution < -0.4 is 0 Å². The van der Waals surface area contributed by atoms with Gasteiger partial charge in [-0.3, -0.25) is 14.5 Å². The first kappa shape index (κ1) is 15.6. The number of nitrogens with zero attached hydrogens (tertiary/aromatic N) is 2. The molecule has 0 aliphatic rings. The molecular formula is C12H20N2O3. The van der Waals surface area contributed by atoms with Crippen molar-refractivity contribution in [1.82, 2.24) is 4.90 Å². The topological polar surface area (TPSA) is 70.4 Å². The molecule has 0 aliphatic carbocycles. The Morgan fingerprint density at radius 1 is 1.41 bits per heavy atom. The zero-order chi connectivity index (χ0) is 13.3. The molecule has 5 heteroatoms. The lowest BCUT2D eigenvalue weighted by molar-refractivity contribution is -0.145. The summed E-state index contributed by atoms with van der Waals surface area (Å²) >= 11 is 0. The van der Waals surface area contributed by atoms with Gasteiger partial charge in [0.2, 0.25) is 0 Å². The molecule has 0 saturated heterocycles. The first-order valence-electron chi connectivity index (χ1n) is 5.79. The van der Waals surface area contributed by atoms with Crippen molar-refractivity contribution in [3.63, 3.8) is 0 Å². The largest absolute Gasteiger partial charge is 0.466 e. The molecule has 0 aromatic rings. The summed E-state index contributed by atoms with van der Waals surface area (Å²) in [6.45, 7) is 6.63. The van der Waals surface area contributed by atoms with Crippen molar-refractivity contribution in [3.05, 3.63) is 0 Å². The number of hydrogen-bond acceptors (Lipinski definition) is 5. The smallest absolute Gasteiger partial charge is 0.313 e. The fraction of sp³-hybridized carbons (Fsp3) is 0.750. The van der Waals surface area contributed by atoms with Crippen LogP contribution in [0.2, 0.25) is 0 Å². The third-order valence-electron chi connectivity index (χ3n) is 2.27. The Labute approximate surface area is 102 Å². The molecule has 0 aromatic heterocycles. The molecule has 0 saturated carbocycles. The minimum Gasteiger partial charge on any atom is -0.466 e. The fourth-order valence-electron chi connectivity index (χ4n) is 1.37. The molecule has 0 aliphatic heterocycles. The maximum atomic E-state index is 11.6. The molecule has 0 unspecified atom stereocenters. The molecular weight excluding hydrogens is 220 g/mol. The summed E-state index contributed by atoms with van der Waals surface area (Å²) in [5.41, 5.74) is 0. The first-order chi connectivity index (χ1) is 8.01. The van der Waals surface area contributed by atoms with Crippen LogP contribution >= 0.6 is 0 Å². The van der Waals surface area contributed by atoms with E-state index in [9.17, 15) is 9.59 Å². The fourth-order valence-corrected chi connectivity index (χ4v) is 1.37. The van der Waals surface area contributed by atoms with Crippen molar-refractivity contribution in [2.45, 2.75) is 39.7 Å². The second kappa shape index (κ2) is 8.71. The molecule has 0 fully saturated rings. The van der Waals surface area contributed by atoms with E-state index in [1.807, 2.05) is 24.8 Å². The number of hydrogen-bond donors (Lipinski definition) is 0. The molecule has 17 heavy (non-hydrogen) atoms. The minimum atomic E-state index is -0.485. The van der Waals surface area contributed by atoms with Gasteiger partial charge in [-0.15, -0.1) is 0 Å². The van der Waals surface area contributed by atoms with Gasteiger partial charge in [0.25, 0.3) is 0 Å². The van der Waals surface area contributed by atoms with E-state index in [1.54, 1.807) is 6.92 Å². The van der Waals surface area contributed by atoms with Crippen molar-refractivity contribution >= 4 is 11.8 Å². The summed E-state index contributed by atoms with van der Waals surface area (Å²) in [4.78, 5) is 24.6. The summed E-state index contributed by atoms with van der Waals surface area (Å²) in [5.74, 6) is -0.656. The van der Waals surface area contributed by atoms with Crippen LogP contribution in [0.1, 0.15) is 33.6 Å². The van der Waals surface area contributed by atoms with Gasteiger partial charge in [0.1, 0.15) is 6.42 Å². The predicted molar refractivity (Wildman–Crippen MR) is 63.2 cm³/mol. The third-order valence-corrected chi connectivity index (χ3v) is 2.27. The number of ketones is 1. The number of ether oxygens (including phenoxy) is 1. The average Bonchev–Trinajstić information content (AvgIpc) is 2.23. The summed E-state index contributed by atoms with van der Waals surface area (Å²) in [5, 5.41) is 8.51. The van der Waals surface area contributed by atoms with Gasteiger partial charge in [-0.2, -0.15) is 5.26 Å². The van der Waals surface area contributed by atoms with Crippen molar-refractivity contribution in [1.29, 1.82) is 5.26 Å². The normalized spacial score (nSPS) is 10.4. The zero-order valence-corrected chi connectivity index (χ0v) is 10.7. The SMILES string of the molecule is CCOC(=O)CC(=O)CN(CCC#N)C(C)C. The monoisotopic (exact) mass is 240 g/mol. The van der Waals surface area contributed by atoms with Crippen LogP contribution in [0.25, 0.3) is 0 Å². The molecule has 0 amide bonds. The predicted octanol–water partition coefficient (Wildman–Crippen LogP) is 1.13. The van der Waals surface area contributed by atoms with Crippen molar-refractivity contribution in [2.75, 3.05) is 19.7 Å². The molecule has 0 rings (SSSR count). The number of rotatable bonds is 8. The van der Waals surface area contributed by atoms with Crippen molar-refractivity contribution in [2.24, 2.45) is 0 Å². The van der Waals surface area contributed by atoms with Gasteiger partial charge in [-0.1, -0.05) is 0 Å². The molecule has 0 spiro atoms. The Kier molecular flexibility index (Phi) is 7.99. The molecule has 0 radical (unpaired) electrons. The summed E-state index contributed by atoms with van der Waals surface area (Å²) in [7, 11) is 0. The van der Waals surface area contributed by atoms with Crippen LogP contribution in [-0.4, -0.2) is 42.4 Å². The summed E-state index contributed by atoms with van der Waals surface area (Å²) in [6, 6.07) is 2.22. The van der Waals surface area contributed by atoms with Crippen molar-refractivity contribution < 1.29 is 14.3 Å². The van der Waals surface area contributed by atoms with Gasteiger partial charge < -0.3 is 4.74 Å². The molecule has 96 valence electrons. The summed E-state index contributed by atoms with van der Waals surface area (Å²) in [6.07, 6.45) is 0.189. The van der Waals surface area contributed by atoms with E-state index < -0.39 is 5.97 Å². The molecule has 0 atom stereocenters. The summed E-state index contributed by atoms with van der Waals surface area (Å²) < 4.78 is 4.71. The molecule has 0 aromatic carbocycles. The highest BCUT2D eigenvalue weighted by Gasteiger charge is 2.16. The number of carbonyl (C=O) groups is 2. The molecule has 0 N–H and O–H groups in total. The average molecular weight is 240 g/mol. The van der Waals surface area contributed by atoms with Crippen molar-refractivity contribution in [3.8, 4) is 6.07 Å². The van der Waals surface area contributed by atoms with Crippen LogP contribution in [-0.2, 0) is 14.3 Å².